The Balaban J connectivity index is 3.18. The molecule has 0 saturated heterocycles. The second kappa shape index (κ2) is 4.91. The fourth-order valence-electron chi connectivity index (χ4n) is 1.85. The number of nitrogens with one attached hydrogen (secondary N) is 1. The van der Waals surface area contributed by atoms with Gasteiger partial charge in [-0.1, -0.05) is 31.2 Å². The number of primary sulfonamides is 1. The fourth-order valence-corrected chi connectivity index (χ4v) is 3.05. The Labute approximate surface area is 105 Å². The Kier molecular flexibility index (Phi) is 3.92. The van der Waals surface area contributed by atoms with Crippen molar-refractivity contribution < 1.29 is 18.0 Å². The predicted octanol–water partition coefficient (Wildman–Crippen LogP) is -1.48. The third kappa shape index (κ3) is 2.77. The van der Waals surface area contributed by atoms with Crippen molar-refractivity contribution >= 4 is 21.8 Å². The number of carbonyl (C=O) groups is 2. The summed E-state index contributed by atoms with van der Waals surface area (Å²) >= 11 is 0. The van der Waals surface area contributed by atoms with Crippen molar-refractivity contribution in [3.8, 4) is 0 Å². The fraction of sp³-hybridized carbons (Fsp3) is 0.400. The molecule has 0 heterocycles. The molecule has 0 aromatic rings. The first kappa shape index (κ1) is 14.4. The van der Waals surface area contributed by atoms with Crippen molar-refractivity contribution in [2.24, 2.45) is 10.9 Å². The first-order valence-electron chi connectivity index (χ1n) is 5.22. The quantitative estimate of drug-likeness (QED) is 0.541. The van der Waals surface area contributed by atoms with Crippen LogP contribution in [0, 0.1) is 0 Å². The molecule has 0 aromatic carbocycles. The molecule has 100 valence electrons. The van der Waals surface area contributed by atoms with Crippen molar-refractivity contribution in [2.75, 3.05) is 0 Å². The average Bonchev–Trinajstić information content (AvgIpc) is 2.28. The lowest BCUT2D eigenvalue weighted by Gasteiger charge is -2.36. The summed E-state index contributed by atoms with van der Waals surface area (Å²) in [6.45, 7) is 1.67. The predicted molar refractivity (Wildman–Crippen MR) is 65.5 cm³/mol. The normalized spacial score (nSPS) is 26.9. The third-order valence-corrected chi connectivity index (χ3v) is 4.09. The van der Waals surface area contributed by atoms with E-state index in [9.17, 15) is 18.0 Å². The minimum absolute atomic E-state index is 0.244. The number of hydrogen-bond donors (Lipinski definition) is 3. The molecule has 0 fully saturated rings. The van der Waals surface area contributed by atoms with Gasteiger partial charge in [0.1, 0.15) is 5.25 Å². The van der Waals surface area contributed by atoms with Gasteiger partial charge in [-0.25, -0.2) is 13.6 Å². The molecular formula is C10H15N3O4S. The van der Waals surface area contributed by atoms with Crippen LogP contribution in [0.4, 0.5) is 0 Å². The molecule has 0 spiro atoms. The summed E-state index contributed by atoms with van der Waals surface area (Å²) in [6, 6.07) is 0. The Morgan fingerprint density at radius 3 is 2.44 bits per heavy atom. The second-order valence-corrected chi connectivity index (χ2v) is 5.65. The highest BCUT2D eigenvalue weighted by molar-refractivity contribution is 7.90. The molecule has 2 unspecified atom stereocenters. The Hall–Kier alpha value is -1.67. The Morgan fingerprint density at radius 1 is 1.39 bits per heavy atom. The van der Waals surface area contributed by atoms with E-state index >= 15 is 0 Å². The zero-order valence-corrected chi connectivity index (χ0v) is 10.6. The van der Waals surface area contributed by atoms with Gasteiger partial charge < -0.3 is 11.1 Å². The molecule has 7 nitrogen and oxygen atoms in total. The molecule has 0 saturated carbocycles. The van der Waals surface area contributed by atoms with Crippen molar-refractivity contribution in [2.45, 2.75) is 24.1 Å². The summed E-state index contributed by atoms with van der Waals surface area (Å²) in [5.74, 6) is -2.23. The summed E-state index contributed by atoms with van der Waals surface area (Å²) < 4.78 is 23.1. The second-order valence-electron chi connectivity index (χ2n) is 3.97. The van der Waals surface area contributed by atoms with Crippen molar-refractivity contribution in [3.63, 3.8) is 0 Å². The minimum atomic E-state index is -3.92. The van der Waals surface area contributed by atoms with Crippen LogP contribution in [-0.2, 0) is 19.6 Å². The average molecular weight is 273 g/mol. The molecule has 5 N–H and O–H groups in total. The molecule has 0 bridgehead atoms. The van der Waals surface area contributed by atoms with Gasteiger partial charge in [-0.3, -0.25) is 9.59 Å². The lowest BCUT2D eigenvalue weighted by Crippen LogP contribution is -2.60. The van der Waals surface area contributed by atoms with Crippen LogP contribution < -0.4 is 16.2 Å². The topological polar surface area (TPSA) is 132 Å². The van der Waals surface area contributed by atoms with E-state index in [4.69, 9.17) is 10.9 Å². The smallest absolute Gasteiger partial charge is 0.309 e. The van der Waals surface area contributed by atoms with Gasteiger partial charge in [0.15, 0.2) is 0 Å². The van der Waals surface area contributed by atoms with E-state index in [0.29, 0.717) is 0 Å². The molecule has 1 aliphatic rings. The largest absolute Gasteiger partial charge is 0.361 e. The van der Waals surface area contributed by atoms with Crippen LogP contribution in [0.15, 0.2) is 24.3 Å². The van der Waals surface area contributed by atoms with Gasteiger partial charge in [0.25, 0.3) is 0 Å². The summed E-state index contributed by atoms with van der Waals surface area (Å²) in [7, 11) is -3.92. The van der Waals surface area contributed by atoms with Gasteiger partial charge in [-0.2, -0.15) is 0 Å². The van der Waals surface area contributed by atoms with Gasteiger partial charge in [0.2, 0.25) is 10.0 Å². The monoisotopic (exact) mass is 273 g/mol. The number of sulfonamides is 1. The molecule has 8 heteroatoms. The molecule has 18 heavy (non-hydrogen) atoms. The van der Waals surface area contributed by atoms with Gasteiger partial charge >= 0.3 is 11.8 Å². The van der Waals surface area contributed by atoms with Gasteiger partial charge in [0.05, 0.1) is 5.54 Å². The van der Waals surface area contributed by atoms with Crippen LogP contribution >= 0.6 is 0 Å². The van der Waals surface area contributed by atoms with Crippen LogP contribution in [0.1, 0.15) is 13.3 Å². The summed E-state index contributed by atoms with van der Waals surface area (Å²) in [5, 5.41) is 6.32. The number of allylic oxidation sites excluding steroid dienone is 2. The molecule has 1 rings (SSSR count). The van der Waals surface area contributed by atoms with Gasteiger partial charge in [-0.05, 0) is 6.42 Å². The van der Waals surface area contributed by atoms with Crippen molar-refractivity contribution in [3.05, 3.63) is 24.3 Å². The van der Waals surface area contributed by atoms with E-state index in [0.717, 1.165) is 0 Å². The summed E-state index contributed by atoms with van der Waals surface area (Å²) in [6.07, 6.45) is 6.18. The highest BCUT2D eigenvalue weighted by Crippen LogP contribution is 2.26. The minimum Gasteiger partial charge on any atom is -0.361 e. The SMILES string of the molecule is CCC1(NC(=O)C(N)=O)C=CC=CC1S(N)(=O)=O. The maximum absolute atomic E-state index is 11.5. The number of carbonyl (C=O) groups excluding carboxylic acids is 2. The van der Waals surface area contributed by atoms with E-state index in [2.05, 4.69) is 5.32 Å². The summed E-state index contributed by atoms with van der Waals surface area (Å²) in [5.41, 5.74) is 3.59. The lowest BCUT2D eigenvalue weighted by atomic mass is 9.87. The van der Waals surface area contributed by atoms with E-state index in [-0.39, 0.29) is 6.42 Å². The molecular weight excluding hydrogens is 258 g/mol. The first-order valence-corrected chi connectivity index (χ1v) is 6.83. The maximum Gasteiger partial charge on any atom is 0.309 e. The van der Waals surface area contributed by atoms with Crippen LogP contribution in [0.25, 0.3) is 0 Å². The Bertz CT molecular complexity index is 523. The number of primary amides is 1. The highest BCUT2D eigenvalue weighted by atomic mass is 32.2. The van der Waals surface area contributed by atoms with Gasteiger partial charge in [-0.15, -0.1) is 0 Å². The van der Waals surface area contributed by atoms with Crippen LogP contribution in [0.2, 0.25) is 0 Å². The van der Waals surface area contributed by atoms with E-state index in [1.807, 2.05) is 0 Å². The maximum atomic E-state index is 11.5. The van der Waals surface area contributed by atoms with Crippen LogP contribution in [0.3, 0.4) is 0 Å². The van der Waals surface area contributed by atoms with Gasteiger partial charge in [0, 0.05) is 0 Å². The van der Waals surface area contributed by atoms with Crippen LogP contribution in [-0.4, -0.2) is 31.0 Å². The zero-order chi connectivity index (χ0) is 14.0. The molecule has 2 atom stereocenters. The van der Waals surface area contributed by atoms with Crippen molar-refractivity contribution in [1.82, 2.24) is 5.32 Å². The van der Waals surface area contributed by atoms with E-state index < -0.39 is 32.6 Å². The molecule has 0 radical (unpaired) electrons. The number of hydrogen-bond acceptors (Lipinski definition) is 4. The van der Waals surface area contributed by atoms with E-state index in [1.165, 1.54) is 18.2 Å². The number of amides is 2. The molecule has 0 aliphatic heterocycles. The zero-order valence-electron chi connectivity index (χ0n) is 9.79. The lowest BCUT2D eigenvalue weighted by molar-refractivity contribution is -0.138. The number of nitrogens with two attached hydrogens (primary N) is 2. The highest BCUT2D eigenvalue weighted by Gasteiger charge is 2.43. The number of rotatable bonds is 3. The standard InChI is InChI=1S/C10H15N3O4S/c1-2-10(13-9(15)8(11)14)6-4-3-5-7(10)18(12,16)17/h3-7H,2H2,1H3,(H2,11,14)(H,13,15)(H2,12,16,17). The Morgan fingerprint density at radius 2 is 2.00 bits per heavy atom. The molecule has 1 aliphatic carbocycles. The first-order chi connectivity index (χ1) is 8.23. The third-order valence-electron chi connectivity index (χ3n) is 2.81. The summed E-state index contributed by atoms with van der Waals surface area (Å²) in [4.78, 5) is 22.1. The van der Waals surface area contributed by atoms with E-state index in [1.54, 1.807) is 13.0 Å². The molecule has 2 amide bonds. The molecule has 0 aromatic heterocycles. The van der Waals surface area contributed by atoms with Crippen molar-refractivity contribution in [1.29, 1.82) is 0 Å². The van der Waals surface area contributed by atoms with Crippen LogP contribution in [0.5, 0.6) is 0 Å².